The molecule has 4 N–H and O–H groups in total. The van der Waals surface area contributed by atoms with E-state index in [0.717, 1.165) is 0 Å². The van der Waals surface area contributed by atoms with Gasteiger partial charge in [0, 0.05) is 12.8 Å². The predicted octanol–water partition coefficient (Wildman–Crippen LogP) is 1.59. The lowest BCUT2D eigenvalue weighted by Crippen LogP contribution is -2.28. The summed E-state index contributed by atoms with van der Waals surface area (Å²) in [5.74, 6) is 0.649. The molecule has 11 heteroatoms. The largest absolute Gasteiger partial charge is 0.616 e. The van der Waals surface area contributed by atoms with Crippen LogP contribution in [0.4, 0.5) is 0 Å². The van der Waals surface area contributed by atoms with E-state index in [1.807, 2.05) is 27.7 Å². The second kappa shape index (κ2) is 16.1. The maximum absolute atomic E-state index is 12.1. The van der Waals surface area contributed by atoms with E-state index in [2.05, 4.69) is 11.1 Å². The average molecular weight is 463 g/mol. The van der Waals surface area contributed by atoms with Crippen LogP contribution in [0.15, 0.2) is 0 Å². The molecule has 2 atom stereocenters. The van der Waals surface area contributed by atoms with Crippen LogP contribution in [0, 0.1) is 33.7 Å². The van der Waals surface area contributed by atoms with E-state index in [1.54, 1.807) is 6.19 Å². The number of aliphatic carboxylic acids is 1. The smallest absolute Gasteiger partial charge is 0.303 e. The molecule has 0 fully saturated rings. The van der Waals surface area contributed by atoms with Crippen LogP contribution in [-0.4, -0.2) is 49.1 Å². The minimum Gasteiger partial charge on any atom is -0.616 e. The van der Waals surface area contributed by atoms with Crippen molar-refractivity contribution >= 4 is 34.2 Å². The Labute approximate surface area is 185 Å². The maximum Gasteiger partial charge on any atom is 0.303 e. The molecule has 0 saturated heterocycles. The Kier molecular flexibility index (Phi) is 16.4. The molecule has 0 aromatic heterocycles. The summed E-state index contributed by atoms with van der Waals surface area (Å²) in [5, 5.41) is 26.5. The molecule has 9 nitrogen and oxygen atoms in total. The van der Waals surface area contributed by atoms with E-state index in [0.29, 0.717) is 42.3 Å². The van der Waals surface area contributed by atoms with Crippen LogP contribution in [0.1, 0.15) is 59.8 Å². The number of carboxylic acid groups (broad SMARTS) is 1. The summed E-state index contributed by atoms with van der Waals surface area (Å²) in [5.41, 5.74) is 3.43. The maximum atomic E-state index is 12.1. The number of hydrogen-bond donors (Lipinski definition) is 3. The molecule has 1 amide bonds. The highest BCUT2D eigenvalue weighted by Crippen LogP contribution is 2.27. The first-order valence-corrected chi connectivity index (χ1v) is 12.5. The summed E-state index contributed by atoms with van der Waals surface area (Å²) in [7, 11) is 0. The van der Waals surface area contributed by atoms with Crippen LogP contribution in [0.2, 0.25) is 0 Å². The molecular formula is C19H34N4O5S2. The number of carboxylic acids is 1. The lowest BCUT2D eigenvalue weighted by atomic mass is 9.86. The highest BCUT2D eigenvalue weighted by Gasteiger charge is 2.26. The summed E-state index contributed by atoms with van der Waals surface area (Å²) >= 11 is -2.08. The van der Waals surface area contributed by atoms with Crippen LogP contribution < -0.4 is 11.1 Å². The Balaban J connectivity index is 0. The molecule has 0 spiro atoms. The number of carbonyl (C=O) groups is 2. The van der Waals surface area contributed by atoms with Gasteiger partial charge in [-0.2, -0.15) is 10.5 Å². The first-order valence-electron chi connectivity index (χ1n) is 9.48. The Bertz CT molecular complexity index is 603. The van der Waals surface area contributed by atoms with Crippen LogP contribution in [0.25, 0.3) is 0 Å². The van der Waals surface area contributed by atoms with Crippen LogP contribution >= 0.6 is 0 Å². The molecule has 0 aliphatic rings. The molecular weight excluding hydrogens is 428 g/mol. The number of hydrogen-bond acceptors (Lipinski definition) is 7. The molecule has 172 valence electrons. The molecule has 0 bridgehead atoms. The lowest BCUT2D eigenvalue weighted by Gasteiger charge is -2.24. The molecule has 0 heterocycles. The third-order valence-corrected chi connectivity index (χ3v) is 7.03. The van der Waals surface area contributed by atoms with E-state index < -0.39 is 28.3 Å². The molecule has 0 radical (unpaired) electrons. The van der Waals surface area contributed by atoms with Gasteiger partial charge in [0.05, 0.1) is 6.42 Å². The van der Waals surface area contributed by atoms with Gasteiger partial charge in [-0.25, -0.2) is 0 Å². The molecule has 0 aliphatic carbocycles. The number of nitriles is 2. The van der Waals surface area contributed by atoms with Gasteiger partial charge < -0.3 is 19.9 Å². The van der Waals surface area contributed by atoms with Gasteiger partial charge in [0.2, 0.25) is 5.91 Å². The summed E-state index contributed by atoms with van der Waals surface area (Å²) in [6, 6.07) is 0. The second-order valence-corrected chi connectivity index (χ2v) is 11.8. The van der Waals surface area contributed by atoms with Crippen molar-refractivity contribution in [1.29, 1.82) is 10.5 Å². The standard InChI is InChI=1S/C18H32N2O5S2.CH2N2/c1-17(2,12-15(21)20-14-19)6-10-26(24)8-5-9-27(25)11-7-18(3,4)13-16(22)23;2-1-3/h5-13H2,1-4H3,(H,20,21)(H,22,23);2H2. The highest BCUT2D eigenvalue weighted by atomic mass is 32.2. The third kappa shape index (κ3) is 19.6. The number of nitrogens with two attached hydrogens (primary N) is 1. The van der Waals surface area contributed by atoms with Gasteiger partial charge in [-0.1, -0.05) is 50.0 Å². The fourth-order valence-electron chi connectivity index (χ4n) is 2.49. The van der Waals surface area contributed by atoms with E-state index in [1.165, 1.54) is 6.19 Å². The van der Waals surface area contributed by atoms with Crippen LogP contribution in [0.5, 0.6) is 0 Å². The van der Waals surface area contributed by atoms with Gasteiger partial charge >= 0.3 is 5.97 Å². The van der Waals surface area contributed by atoms with Crippen molar-refractivity contribution in [2.75, 3.05) is 23.0 Å². The van der Waals surface area contributed by atoms with Crippen molar-refractivity contribution in [3.63, 3.8) is 0 Å². The van der Waals surface area contributed by atoms with Crippen LogP contribution in [-0.2, 0) is 31.9 Å². The minimum absolute atomic E-state index is 0.0520. The lowest BCUT2D eigenvalue weighted by molar-refractivity contribution is -0.139. The molecule has 0 aromatic carbocycles. The summed E-state index contributed by atoms with van der Waals surface area (Å²) in [6.07, 6.45) is 4.88. The predicted molar refractivity (Wildman–Crippen MR) is 118 cm³/mol. The van der Waals surface area contributed by atoms with Crippen LogP contribution in [0.3, 0.4) is 0 Å². The molecule has 30 heavy (non-hydrogen) atoms. The van der Waals surface area contributed by atoms with Gasteiger partial charge in [0.1, 0.15) is 23.0 Å². The fraction of sp³-hybridized carbons (Fsp3) is 0.789. The van der Waals surface area contributed by atoms with Gasteiger partial charge in [-0.05, 0) is 23.7 Å². The van der Waals surface area contributed by atoms with Crippen molar-refractivity contribution < 1.29 is 23.8 Å². The number of nitrogens with one attached hydrogen (secondary N) is 1. The summed E-state index contributed by atoms with van der Waals surface area (Å²) in [4.78, 5) is 22.2. The number of rotatable bonds is 14. The average Bonchev–Trinajstić information content (AvgIpc) is 2.58. The SMILES string of the molecule is CC(C)(CC[S+]([O-])CCC[S+]([O-])CCC(C)(C)CC(=O)NC#N)CC(=O)O.N#CN. The zero-order valence-electron chi connectivity index (χ0n) is 18.2. The van der Waals surface area contributed by atoms with Gasteiger partial charge in [-0.3, -0.25) is 14.9 Å². The topological polar surface area (TPSA) is 186 Å². The van der Waals surface area contributed by atoms with Crippen molar-refractivity contribution in [1.82, 2.24) is 5.32 Å². The van der Waals surface area contributed by atoms with Gasteiger partial charge in [-0.15, -0.1) is 0 Å². The molecule has 0 aromatic rings. The van der Waals surface area contributed by atoms with Crippen molar-refractivity contribution in [2.24, 2.45) is 16.6 Å². The molecule has 0 rings (SSSR count). The van der Waals surface area contributed by atoms with E-state index >= 15 is 0 Å². The van der Waals surface area contributed by atoms with Crippen molar-refractivity contribution in [2.45, 2.75) is 59.8 Å². The Morgan fingerprint density at radius 1 is 0.967 bits per heavy atom. The Morgan fingerprint density at radius 3 is 1.73 bits per heavy atom. The quantitative estimate of drug-likeness (QED) is 0.197. The van der Waals surface area contributed by atoms with E-state index in [4.69, 9.17) is 15.6 Å². The second-order valence-electron chi connectivity index (χ2n) is 8.41. The summed E-state index contributed by atoms with van der Waals surface area (Å²) in [6.45, 7) is 7.50. The summed E-state index contributed by atoms with van der Waals surface area (Å²) < 4.78 is 24.2. The third-order valence-electron chi connectivity index (χ3n) is 4.22. The number of nitrogens with zero attached hydrogens (tertiary/aromatic N) is 2. The highest BCUT2D eigenvalue weighted by molar-refractivity contribution is 7.92. The molecule has 0 aliphatic heterocycles. The Morgan fingerprint density at radius 2 is 1.37 bits per heavy atom. The van der Waals surface area contributed by atoms with Crippen molar-refractivity contribution in [3.8, 4) is 12.4 Å². The minimum atomic E-state index is -1.04. The van der Waals surface area contributed by atoms with Gasteiger partial charge in [0.25, 0.3) is 0 Å². The van der Waals surface area contributed by atoms with E-state index in [9.17, 15) is 18.7 Å². The Hall–Kier alpha value is -1.66. The molecule has 0 saturated carbocycles. The molecule has 2 unspecified atom stereocenters. The first-order chi connectivity index (χ1) is 13.8. The monoisotopic (exact) mass is 462 g/mol. The number of amides is 1. The fourth-order valence-corrected chi connectivity index (χ4v) is 5.58. The number of carbonyl (C=O) groups excluding carboxylic acids is 1. The zero-order valence-corrected chi connectivity index (χ0v) is 19.9. The first kappa shape index (κ1) is 30.5. The normalized spacial score (nSPS) is 13.1. The van der Waals surface area contributed by atoms with Crippen molar-refractivity contribution in [3.05, 3.63) is 0 Å². The zero-order chi connectivity index (χ0) is 23.8. The van der Waals surface area contributed by atoms with E-state index in [-0.39, 0.29) is 29.6 Å². The van der Waals surface area contributed by atoms with Gasteiger partial charge in [0.15, 0.2) is 12.4 Å².